The van der Waals surface area contributed by atoms with E-state index in [0.717, 1.165) is 27.9 Å². The highest BCUT2D eigenvalue weighted by molar-refractivity contribution is 7.12. The highest BCUT2D eigenvalue weighted by Gasteiger charge is 2.13. The largest absolute Gasteiger partial charge is 0.365 e. The Morgan fingerprint density at radius 1 is 1.15 bits per heavy atom. The van der Waals surface area contributed by atoms with Gasteiger partial charge in [0, 0.05) is 35.3 Å². The van der Waals surface area contributed by atoms with Crippen LogP contribution in [0, 0.1) is 0 Å². The summed E-state index contributed by atoms with van der Waals surface area (Å²) in [6.07, 6.45) is 11.7. The van der Waals surface area contributed by atoms with Gasteiger partial charge in [0.2, 0.25) is 0 Å². The maximum atomic E-state index is 11.2. The van der Waals surface area contributed by atoms with Crippen molar-refractivity contribution < 1.29 is 4.79 Å². The molecule has 0 aliphatic carbocycles. The molecule has 4 aromatic heterocycles. The van der Waals surface area contributed by atoms with Crippen LogP contribution in [0.4, 0.5) is 0 Å². The van der Waals surface area contributed by atoms with Crippen molar-refractivity contribution in [2.75, 3.05) is 13.1 Å². The van der Waals surface area contributed by atoms with E-state index in [4.69, 9.17) is 5.73 Å². The van der Waals surface area contributed by atoms with Gasteiger partial charge in [-0.3, -0.25) is 9.89 Å². The molecule has 0 bridgehead atoms. The second-order valence-corrected chi connectivity index (χ2v) is 7.09. The minimum absolute atomic E-state index is 0.428. The highest BCUT2D eigenvalue weighted by atomic mass is 32.1. The summed E-state index contributed by atoms with van der Waals surface area (Å²) in [7, 11) is 0. The first-order chi connectivity index (χ1) is 13.2. The number of carbonyl (C=O) groups excluding carboxylic acids is 1. The number of nitrogens with zero attached hydrogens (tertiary/aromatic N) is 4. The molecule has 138 valence electrons. The van der Waals surface area contributed by atoms with E-state index >= 15 is 0 Å². The molecule has 5 rings (SSSR count). The Kier molecular flexibility index (Phi) is 4.95. The monoisotopic (exact) mass is 381 g/mol. The molecule has 9 heteroatoms. The van der Waals surface area contributed by atoms with Gasteiger partial charge in [-0.1, -0.05) is 0 Å². The molecule has 27 heavy (non-hydrogen) atoms. The van der Waals surface area contributed by atoms with E-state index in [9.17, 15) is 4.79 Å². The summed E-state index contributed by atoms with van der Waals surface area (Å²) in [4.78, 5) is 16.2. The Bertz CT molecular complexity index is 1040. The number of H-pyrrole nitrogens is 1. The number of nitrogens with one attached hydrogen (secondary N) is 2. The third-order valence-corrected chi connectivity index (χ3v) is 5.24. The van der Waals surface area contributed by atoms with Gasteiger partial charge < -0.3 is 11.1 Å². The van der Waals surface area contributed by atoms with Crippen LogP contribution < -0.4 is 11.1 Å². The quantitative estimate of drug-likeness (QED) is 0.504. The van der Waals surface area contributed by atoms with Crippen molar-refractivity contribution in [3.63, 3.8) is 0 Å². The van der Waals surface area contributed by atoms with Gasteiger partial charge >= 0.3 is 0 Å². The van der Waals surface area contributed by atoms with Crippen LogP contribution >= 0.6 is 11.3 Å². The molecule has 8 nitrogen and oxygen atoms in total. The summed E-state index contributed by atoms with van der Waals surface area (Å²) < 4.78 is 1.71. The molecule has 1 fully saturated rings. The van der Waals surface area contributed by atoms with Crippen molar-refractivity contribution in [3.8, 4) is 22.3 Å². The zero-order valence-electron chi connectivity index (χ0n) is 14.6. The highest BCUT2D eigenvalue weighted by Crippen LogP contribution is 2.29. The number of thiophene rings is 1. The molecule has 0 radical (unpaired) electrons. The molecule has 4 N–H and O–H groups in total. The van der Waals surface area contributed by atoms with Crippen molar-refractivity contribution in [3.05, 3.63) is 47.3 Å². The predicted molar refractivity (Wildman–Crippen MR) is 105 cm³/mol. The van der Waals surface area contributed by atoms with Gasteiger partial charge in [0.25, 0.3) is 5.91 Å². The summed E-state index contributed by atoms with van der Waals surface area (Å²) in [6.45, 7) is 2.50. The number of primary amides is 1. The van der Waals surface area contributed by atoms with Crippen molar-refractivity contribution >= 4 is 22.9 Å². The predicted octanol–water partition coefficient (Wildman–Crippen LogP) is 2.32. The number of rotatable bonds is 3. The van der Waals surface area contributed by atoms with Crippen LogP contribution in [0.15, 0.2) is 42.4 Å². The minimum Gasteiger partial charge on any atom is -0.365 e. The fourth-order valence-electron chi connectivity index (χ4n) is 2.87. The van der Waals surface area contributed by atoms with Crippen molar-refractivity contribution in [2.45, 2.75) is 12.8 Å². The van der Waals surface area contributed by atoms with Crippen LogP contribution in [-0.4, -0.2) is 43.8 Å². The average molecular weight is 381 g/mol. The average Bonchev–Trinajstić information content (AvgIpc) is 3.50. The Hall–Kier alpha value is -3.04. The fraction of sp³-hybridized carbons (Fsp3) is 0.222. The van der Waals surface area contributed by atoms with Gasteiger partial charge in [-0.25, -0.2) is 9.50 Å². The Morgan fingerprint density at radius 2 is 2.00 bits per heavy atom. The topological polar surface area (TPSA) is 114 Å². The Labute approximate surface area is 159 Å². The number of aromatic amines is 1. The van der Waals surface area contributed by atoms with Crippen LogP contribution in [0.3, 0.4) is 0 Å². The number of hydrogen-bond acceptors (Lipinski definition) is 6. The molecule has 0 aromatic carbocycles. The first-order valence-corrected chi connectivity index (χ1v) is 9.52. The molecule has 4 aromatic rings. The molecule has 0 unspecified atom stereocenters. The van der Waals surface area contributed by atoms with Gasteiger partial charge in [0.1, 0.15) is 0 Å². The summed E-state index contributed by atoms with van der Waals surface area (Å²) in [6, 6.07) is 1.76. The second kappa shape index (κ2) is 7.68. The Morgan fingerprint density at radius 3 is 2.63 bits per heavy atom. The summed E-state index contributed by atoms with van der Waals surface area (Å²) in [5.41, 5.74) is 9.62. The number of carbonyl (C=O) groups is 1. The van der Waals surface area contributed by atoms with Crippen LogP contribution in [0.2, 0.25) is 0 Å². The lowest BCUT2D eigenvalue weighted by molar-refractivity contribution is 0.100. The van der Waals surface area contributed by atoms with Crippen LogP contribution in [-0.2, 0) is 0 Å². The summed E-state index contributed by atoms with van der Waals surface area (Å²) >= 11 is 1.31. The van der Waals surface area contributed by atoms with Gasteiger partial charge in [0.05, 0.1) is 17.3 Å². The molecule has 0 spiro atoms. The maximum absolute atomic E-state index is 11.2. The molecular formula is C18H19N7OS. The fourth-order valence-corrected chi connectivity index (χ4v) is 3.63. The first kappa shape index (κ1) is 17.4. The number of fused-ring (bicyclic) bond motifs is 1. The van der Waals surface area contributed by atoms with E-state index in [1.807, 2.05) is 11.6 Å². The zero-order valence-corrected chi connectivity index (χ0v) is 15.4. The summed E-state index contributed by atoms with van der Waals surface area (Å²) in [5.74, 6) is -0.428. The smallest absolute Gasteiger partial charge is 0.258 e. The standard InChI is InChI=1S/C14H10N6OS.C4H9N/c15-13(21)12-1-8(7-22-12)11-5-19-20-6-10(2-16-14(11)20)9-3-17-18-4-9;1-2-4-5-3-1/h1-7H,(H2,15,21)(H,17,18);5H,1-4H2. The maximum Gasteiger partial charge on any atom is 0.258 e. The zero-order chi connectivity index (χ0) is 18.6. The van der Waals surface area contributed by atoms with Gasteiger partial charge in [-0.15, -0.1) is 11.3 Å². The number of aromatic nitrogens is 5. The van der Waals surface area contributed by atoms with E-state index in [1.165, 1.54) is 37.3 Å². The van der Waals surface area contributed by atoms with E-state index in [2.05, 4.69) is 25.6 Å². The minimum atomic E-state index is -0.428. The third kappa shape index (κ3) is 3.74. The third-order valence-electron chi connectivity index (χ3n) is 4.30. The lowest BCUT2D eigenvalue weighted by Crippen LogP contribution is -2.08. The lowest BCUT2D eigenvalue weighted by Gasteiger charge is -1.99. The number of amides is 1. The molecule has 1 saturated heterocycles. The Balaban J connectivity index is 0.000000314. The molecule has 0 atom stereocenters. The molecule has 1 aliphatic heterocycles. The van der Waals surface area contributed by atoms with Crippen molar-refractivity contribution in [1.29, 1.82) is 0 Å². The van der Waals surface area contributed by atoms with Crippen molar-refractivity contribution in [2.24, 2.45) is 5.73 Å². The first-order valence-electron chi connectivity index (χ1n) is 8.64. The molecule has 1 aliphatic rings. The van der Waals surface area contributed by atoms with E-state index in [-0.39, 0.29) is 0 Å². The lowest BCUT2D eigenvalue weighted by atomic mass is 10.1. The van der Waals surface area contributed by atoms with Crippen LogP contribution in [0.1, 0.15) is 22.5 Å². The van der Waals surface area contributed by atoms with Gasteiger partial charge in [-0.2, -0.15) is 10.2 Å². The van der Waals surface area contributed by atoms with E-state index in [1.54, 1.807) is 35.4 Å². The van der Waals surface area contributed by atoms with Gasteiger partial charge in [-0.05, 0) is 42.9 Å². The molecule has 5 heterocycles. The number of hydrogen-bond donors (Lipinski definition) is 3. The second-order valence-electron chi connectivity index (χ2n) is 6.18. The number of nitrogens with two attached hydrogens (primary N) is 1. The molecule has 1 amide bonds. The normalized spacial score (nSPS) is 13.5. The summed E-state index contributed by atoms with van der Waals surface area (Å²) in [5, 5.41) is 16.1. The van der Waals surface area contributed by atoms with Crippen LogP contribution in [0.5, 0.6) is 0 Å². The molecule has 0 saturated carbocycles. The van der Waals surface area contributed by atoms with E-state index in [0.29, 0.717) is 4.88 Å². The molecular weight excluding hydrogens is 362 g/mol. The van der Waals surface area contributed by atoms with E-state index < -0.39 is 5.91 Å². The van der Waals surface area contributed by atoms with Crippen molar-refractivity contribution in [1.82, 2.24) is 30.1 Å². The SMILES string of the molecule is C1CCNC1.NC(=O)c1cc(-c2cnn3cc(-c4cn[nH]c4)cnc23)cs1. The van der Waals surface area contributed by atoms with Gasteiger partial charge in [0.15, 0.2) is 5.65 Å². The van der Waals surface area contributed by atoms with Crippen LogP contribution in [0.25, 0.3) is 27.9 Å².